The molecule has 118 valence electrons. The van der Waals surface area contributed by atoms with Crippen molar-refractivity contribution in [2.45, 2.75) is 32.0 Å². The molecular formula is C15H25N3O3. The lowest BCUT2D eigenvalue weighted by Crippen LogP contribution is -2.51. The van der Waals surface area contributed by atoms with Gasteiger partial charge in [0.15, 0.2) is 0 Å². The molecule has 1 fully saturated rings. The number of nitrogens with zero attached hydrogens (tertiary/aromatic N) is 2. The van der Waals surface area contributed by atoms with E-state index in [-0.39, 0.29) is 11.9 Å². The number of hydrogen-bond acceptors (Lipinski definition) is 5. The number of carbonyl (C=O) groups excluding carboxylic acids is 1. The van der Waals surface area contributed by atoms with Crippen molar-refractivity contribution in [3.05, 3.63) is 23.5 Å². The second kappa shape index (κ2) is 7.06. The largest absolute Gasteiger partial charge is 0.499 e. The molecule has 0 aromatic heterocycles. The predicted molar refractivity (Wildman–Crippen MR) is 80.2 cm³/mol. The fourth-order valence-electron chi connectivity index (χ4n) is 2.78. The average Bonchev–Trinajstić information content (AvgIpc) is 2.68. The smallest absolute Gasteiger partial charge is 0.219 e. The van der Waals surface area contributed by atoms with Crippen LogP contribution in [0.2, 0.25) is 0 Å². The van der Waals surface area contributed by atoms with Crippen molar-refractivity contribution in [3.8, 4) is 0 Å². The van der Waals surface area contributed by atoms with Crippen molar-refractivity contribution in [1.82, 2.24) is 9.80 Å². The first kappa shape index (κ1) is 16.0. The number of amides is 1. The number of aliphatic hydroxyl groups excluding tert-OH is 1. The van der Waals surface area contributed by atoms with Gasteiger partial charge in [0.1, 0.15) is 12.0 Å². The summed E-state index contributed by atoms with van der Waals surface area (Å²) in [6, 6.07) is -0.120. The summed E-state index contributed by atoms with van der Waals surface area (Å²) in [5, 5.41) is 10.6. The molecule has 1 aliphatic heterocycles. The van der Waals surface area contributed by atoms with E-state index < -0.39 is 6.23 Å². The van der Waals surface area contributed by atoms with Gasteiger partial charge in [-0.3, -0.25) is 9.69 Å². The maximum absolute atomic E-state index is 11.3. The maximum Gasteiger partial charge on any atom is 0.219 e. The van der Waals surface area contributed by atoms with Gasteiger partial charge < -0.3 is 20.5 Å². The Morgan fingerprint density at radius 1 is 1.43 bits per heavy atom. The molecule has 1 heterocycles. The minimum absolute atomic E-state index is 0.0883. The average molecular weight is 295 g/mol. The molecule has 0 aromatic rings. The van der Waals surface area contributed by atoms with Crippen LogP contribution in [0.1, 0.15) is 19.8 Å². The second-order valence-corrected chi connectivity index (χ2v) is 5.55. The Labute approximate surface area is 125 Å². The number of rotatable bonds is 3. The zero-order valence-electron chi connectivity index (χ0n) is 12.8. The zero-order chi connectivity index (χ0) is 15.4. The molecule has 1 amide bonds. The van der Waals surface area contributed by atoms with Crippen LogP contribution >= 0.6 is 0 Å². The van der Waals surface area contributed by atoms with Crippen molar-refractivity contribution in [3.63, 3.8) is 0 Å². The van der Waals surface area contributed by atoms with E-state index in [4.69, 9.17) is 10.5 Å². The van der Waals surface area contributed by atoms with Gasteiger partial charge in [0.25, 0.3) is 0 Å². The Morgan fingerprint density at radius 2 is 2.10 bits per heavy atom. The first-order valence-corrected chi connectivity index (χ1v) is 7.41. The highest BCUT2D eigenvalue weighted by Gasteiger charge is 2.26. The summed E-state index contributed by atoms with van der Waals surface area (Å²) in [6.45, 7) is 4.22. The van der Waals surface area contributed by atoms with E-state index in [1.54, 1.807) is 18.9 Å². The van der Waals surface area contributed by atoms with Crippen molar-refractivity contribution >= 4 is 5.91 Å². The van der Waals surface area contributed by atoms with Crippen LogP contribution in [-0.2, 0) is 9.53 Å². The van der Waals surface area contributed by atoms with E-state index in [1.807, 2.05) is 17.1 Å². The highest BCUT2D eigenvalue weighted by molar-refractivity contribution is 5.73. The molecule has 0 spiro atoms. The quantitative estimate of drug-likeness (QED) is 0.769. The third-order valence-electron chi connectivity index (χ3n) is 4.17. The second-order valence-electron chi connectivity index (χ2n) is 5.55. The summed E-state index contributed by atoms with van der Waals surface area (Å²) in [6.07, 6.45) is 4.83. The number of allylic oxidation sites excluding steroid dienone is 1. The van der Waals surface area contributed by atoms with Gasteiger partial charge in [-0.2, -0.15) is 0 Å². The van der Waals surface area contributed by atoms with E-state index in [1.165, 1.54) is 0 Å². The minimum Gasteiger partial charge on any atom is -0.499 e. The molecule has 0 bridgehead atoms. The molecular weight excluding hydrogens is 270 g/mol. The number of hydrogen-bond donors (Lipinski definition) is 2. The van der Waals surface area contributed by atoms with Crippen molar-refractivity contribution < 1.29 is 14.6 Å². The standard InChI is InChI=1S/C15H25N3O3/c1-11(19)17-6-8-18(9-7-17)15(20)12-4-3-5-13(16)14(10-12)21-2/h4,10,13,15,20H,3,5-9,16H2,1-2H3/t13?,15-/m0/s1. The first-order valence-electron chi connectivity index (χ1n) is 7.41. The highest BCUT2D eigenvalue weighted by Crippen LogP contribution is 2.21. The van der Waals surface area contributed by atoms with E-state index in [0.29, 0.717) is 31.9 Å². The van der Waals surface area contributed by atoms with Gasteiger partial charge in [-0.15, -0.1) is 0 Å². The number of aliphatic hydroxyl groups is 1. The van der Waals surface area contributed by atoms with Crippen LogP contribution in [0, 0.1) is 0 Å². The van der Waals surface area contributed by atoms with Crippen LogP contribution in [0.25, 0.3) is 0 Å². The van der Waals surface area contributed by atoms with Crippen molar-refractivity contribution in [2.24, 2.45) is 5.73 Å². The zero-order valence-corrected chi connectivity index (χ0v) is 12.8. The number of piperazine rings is 1. The number of ether oxygens (including phenoxy) is 1. The Hall–Kier alpha value is -1.37. The van der Waals surface area contributed by atoms with Crippen LogP contribution in [-0.4, -0.2) is 66.4 Å². The monoisotopic (exact) mass is 295 g/mol. The Kier molecular flexibility index (Phi) is 5.39. The highest BCUT2D eigenvalue weighted by atomic mass is 16.5. The molecule has 2 aliphatic rings. The van der Waals surface area contributed by atoms with Gasteiger partial charge in [-0.25, -0.2) is 0 Å². The molecule has 2 rings (SSSR count). The van der Waals surface area contributed by atoms with Gasteiger partial charge >= 0.3 is 0 Å². The molecule has 0 radical (unpaired) electrons. The minimum atomic E-state index is -0.672. The molecule has 3 N–H and O–H groups in total. The summed E-state index contributed by atoms with van der Waals surface area (Å²) >= 11 is 0. The van der Waals surface area contributed by atoms with Crippen LogP contribution < -0.4 is 5.73 Å². The summed E-state index contributed by atoms with van der Waals surface area (Å²) < 4.78 is 5.31. The fraction of sp³-hybridized carbons (Fsp3) is 0.667. The topological polar surface area (TPSA) is 79.0 Å². The third-order valence-corrected chi connectivity index (χ3v) is 4.17. The maximum atomic E-state index is 11.3. The Bertz CT molecular complexity index is 439. The lowest BCUT2D eigenvalue weighted by atomic mass is 10.1. The van der Waals surface area contributed by atoms with E-state index in [0.717, 1.165) is 18.4 Å². The number of methoxy groups -OCH3 is 1. The third kappa shape index (κ3) is 3.84. The molecule has 1 saturated heterocycles. The van der Waals surface area contributed by atoms with E-state index >= 15 is 0 Å². The van der Waals surface area contributed by atoms with Gasteiger partial charge in [0.2, 0.25) is 5.91 Å². The van der Waals surface area contributed by atoms with E-state index in [9.17, 15) is 9.90 Å². The number of nitrogens with two attached hydrogens (primary N) is 1. The summed E-state index contributed by atoms with van der Waals surface area (Å²) in [5.74, 6) is 0.797. The van der Waals surface area contributed by atoms with Crippen molar-refractivity contribution in [1.29, 1.82) is 0 Å². The lowest BCUT2D eigenvalue weighted by molar-refractivity contribution is -0.131. The van der Waals surface area contributed by atoms with Gasteiger partial charge in [0, 0.05) is 33.1 Å². The molecule has 1 aliphatic carbocycles. The molecule has 1 unspecified atom stereocenters. The molecule has 21 heavy (non-hydrogen) atoms. The molecule has 0 aromatic carbocycles. The van der Waals surface area contributed by atoms with Gasteiger partial charge in [-0.05, 0) is 24.5 Å². The fourth-order valence-corrected chi connectivity index (χ4v) is 2.78. The summed E-state index contributed by atoms with van der Waals surface area (Å²) in [7, 11) is 1.60. The summed E-state index contributed by atoms with van der Waals surface area (Å²) in [4.78, 5) is 15.1. The van der Waals surface area contributed by atoms with Crippen LogP contribution in [0.5, 0.6) is 0 Å². The Morgan fingerprint density at radius 3 is 2.67 bits per heavy atom. The molecule has 6 heteroatoms. The summed E-state index contributed by atoms with van der Waals surface area (Å²) in [5.41, 5.74) is 6.85. The lowest BCUT2D eigenvalue weighted by Gasteiger charge is -2.37. The van der Waals surface area contributed by atoms with E-state index in [2.05, 4.69) is 0 Å². The van der Waals surface area contributed by atoms with Gasteiger partial charge in [0.05, 0.1) is 13.2 Å². The molecule has 6 nitrogen and oxygen atoms in total. The molecule has 2 atom stereocenters. The van der Waals surface area contributed by atoms with Gasteiger partial charge in [-0.1, -0.05) is 6.08 Å². The molecule has 0 saturated carbocycles. The first-order chi connectivity index (χ1) is 10.0. The predicted octanol–water partition coefficient (Wildman–Crippen LogP) is 0.0467. The van der Waals surface area contributed by atoms with Crippen LogP contribution in [0.15, 0.2) is 23.5 Å². The SMILES string of the molecule is COC1=CC([C@H](O)N2CCN(C(C)=O)CC2)=CCCC1N. The number of carbonyl (C=O) groups is 1. The van der Waals surface area contributed by atoms with Crippen molar-refractivity contribution in [2.75, 3.05) is 33.3 Å². The Balaban J connectivity index is 2.02. The normalized spacial score (nSPS) is 25.7. The van der Waals surface area contributed by atoms with Crippen LogP contribution in [0.4, 0.5) is 0 Å². The van der Waals surface area contributed by atoms with Crippen LogP contribution in [0.3, 0.4) is 0 Å².